The lowest BCUT2D eigenvalue weighted by atomic mass is 9.81. The second-order valence-electron chi connectivity index (χ2n) is 16.7. The van der Waals surface area contributed by atoms with Crippen LogP contribution in [0.4, 0.5) is 11.6 Å². The highest BCUT2D eigenvalue weighted by atomic mass is 32.2. The van der Waals surface area contributed by atoms with Crippen LogP contribution in [0.15, 0.2) is 34.3 Å². The van der Waals surface area contributed by atoms with Crippen LogP contribution in [0.2, 0.25) is 0 Å². The minimum atomic E-state index is -0.964. The summed E-state index contributed by atoms with van der Waals surface area (Å²) in [6.45, 7) is 7.09. The number of nitrogens with one attached hydrogen (secondary N) is 2. The first kappa shape index (κ1) is 45.0. The number of anilines is 2. The highest BCUT2D eigenvalue weighted by molar-refractivity contribution is 7.99. The standard InChI is InChI=1S/C24H35N3O3S.C20H29N3O4S/c1-2-16-31-22-19(21(28)25-18-6-4-3-5-7-18)8-9-20(26-22)27-14-10-17(11-15-27)24(12-13-24)23(29)30;1-2-12-28-19-15(18(24)21-14-6-4-3-5-7-14)8-9-17(22-19)23-10-11-27-16(13-23)20(25)26/h8-9,17-18H,2-7,10-16H2,1H3,(H,25,28)(H,29,30);8-9,14,16H,2-7,10-13H2,1H3,(H,21,24)(H,25,26). The van der Waals surface area contributed by atoms with Crippen LogP contribution < -0.4 is 20.4 Å². The first-order valence-corrected chi connectivity index (χ1v) is 24.1. The number of carboxylic acid groups (broad SMARTS) is 2. The van der Waals surface area contributed by atoms with E-state index in [1.54, 1.807) is 23.5 Å². The van der Waals surface area contributed by atoms with Gasteiger partial charge in [0.15, 0.2) is 6.10 Å². The predicted octanol–water partition coefficient (Wildman–Crippen LogP) is 7.66. The molecule has 324 valence electrons. The third-order valence-electron chi connectivity index (χ3n) is 12.4. The van der Waals surface area contributed by atoms with Crippen LogP contribution in [0, 0.1) is 11.3 Å². The number of morpholine rings is 1. The molecule has 4 N–H and O–H groups in total. The molecule has 5 fully saturated rings. The smallest absolute Gasteiger partial charge is 0.334 e. The molecule has 2 aliphatic heterocycles. The van der Waals surface area contributed by atoms with E-state index in [4.69, 9.17) is 14.7 Å². The van der Waals surface area contributed by atoms with Crippen molar-refractivity contribution in [3.05, 3.63) is 35.4 Å². The summed E-state index contributed by atoms with van der Waals surface area (Å²) in [5, 5.41) is 26.7. The molecule has 1 atom stereocenters. The number of carboxylic acids is 2. The van der Waals surface area contributed by atoms with Crippen molar-refractivity contribution in [1.29, 1.82) is 0 Å². The van der Waals surface area contributed by atoms with Crippen LogP contribution in [0.25, 0.3) is 0 Å². The van der Waals surface area contributed by atoms with E-state index in [1.165, 1.54) is 38.5 Å². The van der Waals surface area contributed by atoms with E-state index in [9.17, 15) is 29.4 Å². The Hall–Kier alpha value is -3.56. The molecular weight excluding hydrogens is 789 g/mol. The maximum atomic E-state index is 13.0. The molecule has 0 bridgehead atoms. The van der Waals surface area contributed by atoms with Crippen molar-refractivity contribution in [2.75, 3.05) is 54.1 Å². The van der Waals surface area contributed by atoms with Gasteiger partial charge in [0.05, 0.1) is 29.7 Å². The number of carbonyl (C=O) groups is 4. The second kappa shape index (κ2) is 21.8. The average molecular weight is 853 g/mol. The summed E-state index contributed by atoms with van der Waals surface area (Å²) < 4.78 is 5.29. The zero-order valence-electron chi connectivity index (χ0n) is 34.9. The Balaban J connectivity index is 0.000000199. The summed E-state index contributed by atoms with van der Waals surface area (Å²) in [6.07, 6.45) is 16.1. The van der Waals surface area contributed by atoms with Crippen molar-refractivity contribution in [2.24, 2.45) is 11.3 Å². The molecule has 0 spiro atoms. The average Bonchev–Trinajstić information content (AvgIpc) is 4.08. The molecule has 1 unspecified atom stereocenters. The molecule has 59 heavy (non-hydrogen) atoms. The van der Waals surface area contributed by atoms with Gasteiger partial charge in [-0.1, -0.05) is 52.4 Å². The van der Waals surface area contributed by atoms with E-state index in [-0.39, 0.29) is 36.4 Å². The monoisotopic (exact) mass is 852 g/mol. The van der Waals surface area contributed by atoms with E-state index in [1.807, 2.05) is 29.2 Å². The Labute approximate surface area is 358 Å². The number of rotatable bonds is 15. The SMILES string of the molecule is CCCSc1nc(N2CCC(C3(C(=O)O)CC3)CC2)ccc1C(=O)NC1CCCCC1.CCCSc1nc(N2CCOC(C(=O)O)C2)ccc1C(=O)NC1CCCCC1. The van der Waals surface area contributed by atoms with Gasteiger partial charge in [-0.3, -0.25) is 14.4 Å². The number of amides is 2. The lowest BCUT2D eigenvalue weighted by Gasteiger charge is -2.35. The molecular formula is C44H64N6O7S2. The lowest BCUT2D eigenvalue weighted by molar-refractivity contribution is -0.151. The number of nitrogens with zero attached hydrogens (tertiary/aromatic N) is 4. The summed E-state index contributed by atoms with van der Waals surface area (Å²) in [6, 6.07) is 8.08. The van der Waals surface area contributed by atoms with E-state index in [0.717, 1.165) is 99.6 Å². The Kier molecular flexibility index (Phi) is 16.6. The molecule has 15 heteroatoms. The summed E-state index contributed by atoms with van der Waals surface area (Å²) in [4.78, 5) is 62.5. The highest BCUT2D eigenvalue weighted by Gasteiger charge is 2.56. The van der Waals surface area contributed by atoms with E-state index < -0.39 is 23.5 Å². The molecule has 3 saturated carbocycles. The molecule has 2 saturated heterocycles. The number of aromatic nitrogens is 2. The number of hydrogen-bond acceptors (Lipinski definition) is 11. The molecule has 2 aromatic heterocycles. The lowest BCUT2D eigenvalue weighted by Crippen LogP contribution is -2.46. The fourth-order valence-electron chi connectivity index (χ4n) is 8.80. The van der Waals surface area contributed by atoms with Crippen LogP contribution in [0.5, 0.6) is 0 Å². The maximum Gasteiger partial charge on any atom is 0.334 e. The van der Waals surface area contributed by atoms with E-state index >= 15 is 0 Å². The summed E-state index contributed by atoms with van der Waals surface area (Å²) in [7, 11) is 0. The van der Waals surface area contributed by atoms with Gasteiger partial charge < -0.3 is 35.4 Å². The molecule has 2 aromatic rings. The van der Waals surface area contributed by atoms with Crippen LogP contribution in [-0.4, -0.2) is 106 Å². The van der Waals surface area contributed by atoms with Gasteiger partial charge in [0.2, 0.25) is 0 Å². The minimum Gasteiger partial charge on any atom is -0.481 e. The molecule has 13 nitrogen and oxygen atoms in total. The van der Waals surface area contributed by atoms with Gasteiger partial charge in [0, 0.05) is 31.7 Å². The summed E-state index contributed by atoms with van der Waals surface area (Å²) in [5.41, 5.74) is 0.837. The Morgan fingerprint density at radius 3 is 1.64 bits per heavy atom. The predicted molar refractivity (Wildman–Crippen MR) is 233 cm³/mol. The Bertz CT molecular complexity index is 1740. The number of carbonyl (C=O) groups excluding carboxylic acids is 2. The number of hydrogen-bond donors (Lipinski definition) is 4. The molecule has 7 rings (SSSR count). The zero-order valence-corrected chi connectivity index (χ0v) is 36.6. The van der Waals surface area contributed by atoms with Crippen LogP contribution in [-0.2, 0) is 14.3 Å². The van der Waals surface area contributed by atoms with Crippen LogP contribution >= 0.6 is 23.5 Å². The number of aliphatic carboxylic acids is 2. The zero-order chi connectivity index (χ0) is 41.8. The maximum absolute atomic E-state index is 13.0. The Morgan fingerprint density at radius 1 is 0.712 bits per heavy atom. The van der Waals surface area contributed by atoms with Gasteiger partial charge in [0.25, 0.3) is 11.8 Å². The summed E-state index contributed by atoms with van der Waals surface area (Å²) in [5.74, 6) is 2.05. The molecule has 5 aliphatic rings. The first-order chi connectivity index (χ1) is 28.6. The number of pyridine rings is 2. The van der Waals surface area contributed by atoms with Gasteiger partial charge in [-0.25, -0.2) is 14.8 Å². The van der Waals surface area contributed by atoms with Crippen molar-refractivity contribution in [2.45, 2.75) is 145 Å². The first-order valence-electron chi connectivity index (χ1n) is 22.1. The number of ether oxygens (including phenoxy) is 1. The van der Waals surface area contributed by atoms with Crippen LogP contribution in [0.3, 0.4) is 0 Å². The molecule has 0 radical (unpaired) electrons. The quantitative estimate of drug-likeness (QED) is 0.129. The normalized spacial score (nSPS) is 21.2. The second-order valence-corrected chi connectivity index (χ2v) is 18.9. The molecule has 0 aromatic carbocycles. The Morgan fingerprint density at radius 2 is 1.20 bits per heavy atom. The van der Waals surface area contributed by atoms with Gasteiger partial charge in [0.1, 0.15) is 21.7 Å². The number of thioether (sulfide) groups is 2. The van der Waals surface area contributed by atoms with Crippen molar-refractivity contribution >= 4 is 58.9 Å². The molecule has 4 heterocycles. The topological polar surface area (TPSA) is 174 Å². The van der Waals surface area contributed by atoms with Crippen molar-refractivity contribution < 1.29 is 34.1 Å². The van der Waals surface area contributed by atoms with Crippen LogP contribution in [0.1, 0.15) is 137 Å². The van der Waals surface area contributed by atoms with Gasteiger partial charge >= 0.3 is 11.9 Å². The largest absolute Gasteiger partial charge is 0.481 e. The van der Waals surface area contributed by atoms with Crippen molar-refractivity contribution in [1.82, 2.24) is 20.6 Å². The summed E-state index contributed by atoms with van der Waals surface area (Å²) >= 11 is 3.23. The highest BCUT2D eigenvalue weighted by Crippen LogP contribution is 2.55. The van der Waals surface area contributed by atoms with E-state index in [2.05, 4.69) is 29.4 Å². The van der Waals surface area contributed by atoms with Gasteiger partial charge in [-0.15, -0.1) is 23.5 Å². The molecule has 3 aliphatic carbocycles. The van der Waals surface area contributed by atoms with Crippen molar-refractivity contribution in [3.63, 3.8) is 0 Å². The molecule has 2 amide bonds. The fourth-order valence-corrected chi connectivity index (χ4v) is 10.5. The van der Waals surface area contributed by atoms with Gasteiger partial charge in [-0.05, 0) is 106 Å². The number of piperidine rings is 1. The third-order valence-corrected chi connectivity index (χ3v) is 14.8. The third kappa shape index (κ3) is 12.1. The van der Waals surface area contributed by atoms with Gasteiger partial charge in [-0.2, -0.15) is 0 Å². The minimum absolute atomic E-state index is 0.000365. The van der Waals surface area contributed by atoms with Crippen molar-refractivity contribution in [3.8, 4) is 0 Å². The fraction of sp³-hybridized carbons (Fsp3) is 0.682. The van der Waals surface area contributed by atoms with E-state index in [0.29, 0.717) is 35.1 Å².